The van der Waals surface area contributed by atoms with Crippen molar-refractivity contribution in [2.45, 2.75) is 70.2 Å². The predicted octanol–water partition coefficient (Wildman–Crippen LogP) is 5.53. The predicted molar refractivity (Wildman–Crippen MR) is 132 cm³/mol. The van der Waals surface area contributed by atoms with E-state index in [0.29, 0.717) is 19.5 Å². The molecule has 4 atom stereocenters. The highest BCUT2D eigenvalue weighted by atomic mass is 16.6. The molecule has 1 N–H and O–H groups in total. The molecule has 3 aliphatic rings. The van der Waals surface area contributed by atoms with Gasteiger partial charge in [0.1, 0.15) is 11.6 Å². The number of hydrogen-bond acceptors (Lipinski definition) is 4. The second kappa shape index (κ2) is 8.97. The minimum absolute atomic E-state index is 0.00225. The van der Waals surface area contributed by atoms with E-state index in [4.69, 9.17) is 4.74 Å². The maximum absolute atomic E-state index is 14.0. The van der Waals surface area contributed by atoms with Crippen molar-refractivity contribution in [2.75, 3.05) is 18.4 Å². The molecule has 0 unspecified atom stereocenters. The second-order valence-electron chi connectivity index (χ2n) is 10.7. The van der Waals surface area contributed by atoms with Gasteiger partial charge in [-0.3, -0.25) is 9.69 Å². The van der Waals surface area contributed by atoms with Crippen LogP contribution >= 0.6 is 0 Å². The minimum atomic E-state index is -0.586. The van der Waals surface area contributed by atoms with Crippen molar-refractivity contribution in [3.8, 4) is 0 Å². The summed E-state index contributed by atoms with van der Waals surface area (Å²) < 4.78 is 5.66. The van der Waals surface area contributed by atoms with E-state index in [1.54, 1.807) is 4.90 Å². The Kier molecular flexibility index (Phi) is 6.00. The average molecular weight is 462 g/mol. The smallest absolute Gasteiger partial charge is 0.410 e. The van der Waals surface area contributed by atoms with E-state index in [1.807, 2.05) is 37.8 Å². The number of benzene rings is 2. The van der Waals surface area contributed by atoms with E-state index < -0.39 is 11.6 Å². The van der Waals surface area contributed by atoms with Crippen LogP contribution in [0.1, 0.15) is 69.7 Å². The average Bonchev–Trinajstić information content (AvgIpc) is 3.28. The molecule has 6 nitrogen and oxygen atoms in total. The van der Waals surface area contributed by atoms with Crippen molar-refractivity contribution in [1.29, 1.82) is 0 Å². The number of hydrogen-bond donors (Lipinski definition) is 1. The van der Waals surface area contributed by atoms with Crippen LogP contribution in [0.3, 0.4) is 0 Å². The number of likely N-dealkylation sites (tertiary alicyclic amines) is 2. The van der Waals surface area contributed by atoms with Crippen LogP contribution in [-0.4, -0.2) is 46.5 Å². The quantitative estimate of drug-likeness (QED) is 0.639. The van der Waals surface area contributed by atoms with Gasteiger partial charge in [-0.1, -0.05) is 48.5 Å². The van der Waals surface area contributed by atoms with Gasteiger partial charge < -0.3 is 15.0 Å². The van der Waals surface area contributed by atoms with E-state index in [2.05, 4.69) is 47.8 Å². The van der Waals surface area contributed by atoms with Gasteiger partial charge in [0.2, 0.25) is 5.91 Å². The molecule has 2 amide bonds. The van der Waals surface area contributed by atoms with Crippen LogP contribution in [0.25, 0.3) is 0 Å². The number of ether oxygens (including phenoxy) is 1. The Bertz CT molecular complexity index is 1050. The molecule has 0 spiro atoms. The molecule has 5 rings (SSSR count). The Labute approximate surface area is 202 Å². The van der Waals surface area contributed by atoms with Gasteiger partial charge in [-0.15, -0.1) is 0 Å². The van der Waals surface area contributed by atoms with Crippen molar-refractivity contribution in [3.05, 3.63) is 65.7 Å². The van der Waals surface area contributed by atoms with Crippen LogP contribution in [0.15, 0.2) is 54.6 Å². The number of para-hydroxylation sites is 1. The first-order valence-electron chi connectivity index (χ1n) is 12.5. The lowest BCUT2D eigenvalue weighted by Gasteiger charge is -2.42. The number of fused-ring (bicyclic) bond motifs is 3. The van der Waals surface area contributed by atoms with E-state index in [0.717, 1.165) is 24.9 Å². The van der Waals surface area contributed by atoms with Crippen LogP contribution < -0.4 is 5.32 Å². The fraction of sp³-hybridized carbons (Fsp3) is 0.500. The fourth-order valence-corrected chi connectivity index (χ4v) is 5.88. The first-order chi connectivity index (χ1) is 16.3. The zero-order valence-corrected chi connectivity index (χ0v) is 20.4. The van der Waals surface area contributed by atoms with Crippen molar-refractivity contribution < 1.29 is 14.3 Å². The van der Waals surface area contributed by atoms with Gasteiger partial charge >= 0.3 is 6.09 Å². The Hall–Kier alpha value is -3.02. The molecule has 3 aliphatic heterocycles. The number of carbonyl (C=O) groups is 2. The number of nitrogens with one attached hydrogen (secondary N) is 1. The molecular weight excluding hydrogens is 426 g/mol. The van der Waals surface area contributed by atoms with Crippen LogP contribution in [0, 0.1) is 5.92 Å². The summed E-state index contributed by atoms with van der Waals surface area (Å²) in [5, 5.41) is 3.75. The molecule has 2 saturated heterocycles. The third-order valence-corrected chi connectivity index (χ3v) is 7.32. The summed E-state index contributed by atoms with van der Waals surface area (Å²) in [5.74, 6) is 0.335. The van der Waals surface area contributed by atoms with Gasteiger partial charge in [0.25, 0.3) is 0 Å². The Morgan fingerprint density at radius 1 is 0.912 bits per heavy atom. The molecule has 2 aromatic rings. The molecule has 3 heterocycles. The highest BCUT2D eigenvalue weighted by molar-refractivity contribution is 5.87. The van der Waals surface area contributed by atoms with Crippen LogP contribution in [-0.2, 0) is 9.53 Å². The number of piperidine rings is 1. The third kappa shape index (κ3) is 4.26. The standard InChI is InChI=1S/C28H35N3O3/c1-28(2,3)34-27(33)30-17-10-9-15-23(30)26(32)31-18-16-21-24(19-11-5-4-6-12-19)29-22-14-8-7-13-20(22)25(21)31/h4-8,11-14,21,23-25,29H,9-10,15-18H2,1-3H3/t21-,23-,24+,25+/m1/s1. The first kappa shape index (κ1) is 22.8. The van der Waals surface area contributed by atoms with E-state index in [1.165, 1.54) is 11.1 Å². The van der Waals surface area contributed by atoms with Crippen molar-refractivity contribution >= 4 is 17.7 Å². The number of amides is 2. The number of carbonyl (C=O) groups excluding carboxylic acids is 2. The SMILES string of the molecule is CC(C)(C)OC(=O)N1CCCC[C@@H]1C(=O)N1CC[C@@H]2[C@H](c3ccccc3)Nc3ccccc3[C@@H]21. The maximum atomic E-state index is 14.0. The van der Waals surface area contributed by atoms with Gasteiger partial charge in [0, 0.05) is 24.7 Å². The fourth-order valence-electron chi connectivity index (χ4n) is 5.88. The number of nitrogens with zero attached hydrogens (tertiary/aromatic N) is 2. The van der Waals surface area contributed by atoms with Crippen molar-refractivity contribution in [1.82, 2.24) is 9.80 Å². The summed E-state index contributed by atoms with van der Waals surface area (Å²) in [5.41, 5.74) is 2.92. The van der Waals surface area contributed by atoms with Gasteiger partial charge in [0.05, 0.1) is 12.1 Å². The maximum Gasteiger partial charge on any atom is 0.410 e. The normalized spacial score (nSPS) is 26.3. The highest BCUT2D eigenvalue weighted by Crippen LogP contribution is 2.51. The van der Waals surface area contributed by atoms with Crippen LogP contribution in [0.2, 0.25) is 0 Å². The Balaban J connectivity index is 1.45. The van der Waals surface area contributed by atoms with Gasteiger partial charge in [-0.25, -0.2) is 4.79 Å². The molecule has 0 saturated carbocycles. The minimum Gasteiger partial charge on any atom is -0.444 e. The molecule has 180 valence electrons. The summed E-state index contributed by atoms with van der Waals surface area (Å²) in [4.78, 5) is 30.8. The lowest BCUT2D eigenvalue weighted by molar-refractivity contribution is -0.139. The van der Waals surface area contributed by atoms with E-state index in [9.17, 15) is 9.59 Å². The molecule has 34 heavy (non-hydrogen) atoms. The van der Waals surface area contributed by atoms with Gasteiger partial charge in [-0.2, -0.15) is 0 Å². The van der Waals surface area contributed by atoms with E-state index in [-0.39, 0.29) is 30.0 Å². The summed E-state index contributed by atoms with van der Waals surface area (Å²) in [7, 11) is 0. The Morgan fingerprint density at radius 3 is 2.41 bits per heavy atom. The summed E-state index contributed by atoms with van der Waals surface area (Å²) >= 11 is 0. The second-order valence-corrected chi connectivity index (χ2v) is 10.7. The van der Waals surface area contributed by atoms with Gasteiger partial charge in [-0.05, 0) is 63.6 Å². The van der Waals surface area contributed by atoms with Gasteiger partial charge in [0.15, 0.2) is 0 Å². The summed E-state index contributed by atoms with van der Waals surface area (Å²) in [6, 6.07) is 18.5. The molecule has 0 bridgehead atoms. The molecular formula is C28H35N3O3. The third-order valence-electron chi connectivity index (χ3n) is 7.32. The van der Waals surface area contributed by atoms with Crippen LogP contribution in [0.5, 0.6) is 0 Å². The molecule has 0 aromatic heterocycles. The van der Waals surface area contributed by atoms with Crippen molar-refractivity contribution in [3.63, 3.8) is 0 Å². The monoisotopic (exact) mass is 461 g/mol. The highest BCUT2D eigenvalue weighted by Gasteiger charge is 2.48. The number of anilines is 1. The van der Waals surface area contributed by atoms with Crippen LogP contribution in [0.4, 0.5) is 10.5 Å². The molecule has 6 heteroatoms. The van der Waals surface area contributed by atoms with E-state index >= 15 is 0 Å². The summed E-state index contributed by atoms with van der Waals surface area (Å²) in [6.45, 7) is 6.87. The molecule has 0 radical (unpaired) electrons. The molecule has 2 aromatic carbocycles. The summed E-state index contributed by atoms with van der Waals surface area (Å²) in [6.07, 6.45) is 3.08. The molecule has 2 fully saturated rings. The zero-order valence-electron chi connectivity index (χ0n) is 20.4. The first-order valence-corrected chi connectivity index (χ1v) is 12.5. The topological polar surface area (TPSA) is 61.9 Å². The van der Waals surface area contributed by atoms with Crippen molar-refractivity contribution in [2.24, 2.45) is 5.92 Å². The Morgan fingerprint density at radius 2 is 1.65 bits per heavy atom. The number of rotatable bonds is 2. The lowest BCUT2D eigenvalue weighted by atomic mass is 9.80. The zero-order chi connectivity index (χ0) is 23.9. The molecule has 0 aliphatic carbocycles. The lowest BCUT2D eigenvalue weighted by Crippen LogP contribution is -2.54. The largest absolute Gasteiger partial charge is 0.444 e.